The van der Waals surface area contributed by atoms with Crippen molar-refractivity contribution in [3.05, 3.63) is 0 Å². The maximum Gasteiger partial charge on any atom is 0.0786 e. The van der Waals surface area contributed by atoms with Crippen LogP contribution >= 0.6 is 0 Å². The quantitative estimate of drug-likeness (QED) is 0.0421. The summed E-state index contributed by atoms with van der Waals surface area (Å²) in [6.07, 6.45) is 117. The van der Waals surface area contributed by atoms with E-state index in [1.165, 1.54) is 575 Å². The molecular weight excluding hydrogens is 1340 g/mol. The van der Waals surface area contributed by atoms with Crippen LogP contribution in [0.25, 0.3) is 0 Å². The Morgan fingerprint density at radius 3 is 0.220 bits per heavy atom. The van der Waals surface area contributed by atoms with E-state index >= 15 is 0 Å². The van der Waals surface area contributed by atoms with Crippen LogP contribution in [0.5, 0.6) is 0 Å². The Kier molecular flexibility index (Phi) is 103. The number of quaternary nitrogens is 2. The first-order valence-corrected chi connectivity index (χ1v) is 48.2. The topological polar surface area (TPSA) is 0 Å². The summed E-state index contributed by atoms with van der Waals surface area (Å²) >= 11 is 0. The zero-order chi connectivity index (χ0) is 71.2. The molecule has 0 unspecified atom stereocenters. The van der Waals surface area contributed by atoms with Gasteiger partial charge >= 0.3 is 0 Å². The third-order valence-corrected chi connectivity index (χ3v) is 23.9. The lowest BCUT2D eigenvalue weighted by molar-refractivity contribution is -0.929. The molecule has 100 heavy (non-hydrogen) atoms. The van der Waals surface area contributed by atoms with Gasteiger partial charge in [-0.15, -0.1) is 0 Å². The third kappa shape index (κ3) is 86.1. The Morgan fingerprint density at radius 1 is 0.0900 bits per heavy atom. The molecule has 0 aliphatic carbocycles. The minimum Gasteiger partial charge on any atom is -1.00 e. The lowest BCUT2D eigenvalue weighted by atomic mass is 10.0. The largest absolute Gasteiger partial charge is 1.00 e. The van der Waals surface area contributed by atoms with Crippen LogP contribution in [-0.2, 0) is 0 Å². The minimum absolute atomic E-state index is 0. The summed E-state index contributed by atoms with van der Waals surface area (Å²) in [5.41, 5.74) is 0. The Morgan fingerprint density at radius 2 is 0.150 bits per heavy atom. The van der Waals surface area contributed by atoms with Crippen molar-refractivity contribution in [2.24, 2.45) is 0 Å². The molecule has 0 aliphatic heterocycles. The molecular formula is C96H200Br2N2. The van der Waals surface area contributed by atoms with Crippen molar-refractivity contribution < 1.29 is 42.9 Å². The summed E-state index contributed by atoms with van der Waals surface area (Å²) in [6, 6.07) is 0. The normalized spacial score (nSPS) is 11.8. The maximum atomic E-state index is 2.34. The molecule has 0 atom stereocenters. The molecule has 0 saturated heterocycles. The molecule has 0 heterocycles. The third-order valence-electron chi connectivity index (χ3n) is 23.9. The van der Waals surface area contributed by atoms with Crippen LogP contribution in [0.1, 0.15) is 569 Å². The van der Waals surface area contributed by atoms with E-state index in [4.69, 9.17) is 0 Å². The number of nitrogens with zero attached hydrogens (tertiary/aromatic N) is 2. The fourth-order valence-electron chi connectivity index (χ4n) is 16.8. The summed E-state index contributed by atoms with van der Waals surface area (Å²) in [6.45, 7) is 30.6. The summed E-state index contributed by atoms with van der Waals surface area (Å²) in [4.78, 5) is 0. The van der Waals surface area contributed by atoms with E-state index in [-0.39, 0.29) is 34.0 Å². The Labute approximate surface area is 659 Å². The van der Waals surface area contributed by atoms with Gasteiger partial charge in [-0.3, -0.25) is 0 Å². The molecule has 2 nitrogen and oxygen atoms in total. The fraction of sp³-hybridized carbons (Fsp3) is 1.00. The average Bonchev–Trinajstić information content (AvgIpc) is 0.935. The van der Waals surface area contributed by atoms with Crippen molar-refractivity contribution in [2.75, 3.05) is 52.4 Å². The molecule has 0 aliphatic rings. The van der Waals surface area contributed by atoms with Gasteiger partial charge in [-0.1, -0.05) is 466 Å². The van der Waals surface area contributed by atoms with E-state index in [0.717, 1.165) is 0 Å². The van der Waals surface area contributed by atoms with Crippen molar-refractivity contribution in [3.8, 4) is 0 Å². The van der Waals surface area contributed by atoms with Gasteiger partial charge in [-0.25, -0.2) is 0 Å². The van der Waals surface area contributed by atoms with E-state index in [1.54, 1.807) is 0 Å². The van der Waals surface area contributed by atoms with Crippen molar-refractivity contribution >= 4 is 0 Å². The van der Waals surface area contributed by atoms with Gasteiger partial charge in [0, 0.05) is 0 Å². The van der Waals surface area contributed by atoms with Gasteiger partial charge in [-0.2, -0.15) is 0 Å². The van der Waals surface area contributed by atoms with Gasteiger partial charge in [0.2, 0.25) is 0 Å². The molecule has 0 spiro atoms. The molecule has 0 N–H and O–H groups in total. The number of hydrogen-bond donors (Lipinski definition) is 0. The Balaban J connectivity index is -0.000000904. The highest BCUT2D eigenvalue weighted by Crippen LogP contribution is 2.25. The zero-order valence-electron chi connectivity index (χ0n) is 71.9. The van der Waals surface area contributed by atoms with Crippen LogP contribution in [0.2, 0.25) is 0 Å². The van der Waals surface area contributed by atoms with Crippen LogP contribution < -0.4 is 34.0 Å². The molecule has 0 aromatic heterocycles. The molecule has 0 bridgehead atoms. The van der Waals surface area contributed by atoms with E-state index in [2.05, 4.69) is 55.4 Å². The smallest absolute Gasteiger partial charge is 0.0786 e. The van der Waals surface area contributed by atoms with Gasteiger partial charge < -0.3 is 42.9 Å². The summed E-state index contributed by atoms with van der Waals surface area (Å²) < 4.78 is 2.98. The minimum atomic E-state index is 0. The molecule has 0 amide bonds. The second-order valence-corrected chi connectivity index (χ2v) is 33.9. The van der Waals surface area contributed by atoms with Gasteiger partial charge in [-0.05, 0) is 103 Å². The van der Waals surface area contributed by atoms with E-state index in [0.29, 0.717) is 0 Å². The van der Waals surface area contributed by atoms with Gasteiger partial charge in [0.25, 0.3) is 0 Å². The van der Waals surface area contributed by atoms with Gasteiger partial charge in [0.15, 0.2) is 0 Å². The summed E-state index contributed by atoms with van der Waals surface area (Å²) in [7, 11) is 0. The van der Waals surface area contributed by atoms with E-state index in [9.17, 15) is 0 Å². The second-order valence-electron chi connectivity index (χ2n) is 33.9. The molecule has 608 valence electrons. The van der Waals surface area contributed by atoms with Gasteiger partial charge in [0.05, 0.1) is 52.4 Å². The molecule has 0 aromatic rings. The van der Waals surface area contributed by atoms with Gasteiger partial charge in [0.1, 0.15) is 0 Å². The molecule has 0 rings (SSSR count). The molecule has 0 aromatic carbocycles. The summed E-state index contributed by atoms with van der Waals surface area (Å²) in [5, 5.41) is 0. The van der Waals surface area contributed by atoms with E-state index < -0.39 is 0 Å². The highest BCUT2D eigenvalue weighted by Gasteiger charge is 2.27. The van der Waals surface area contributed by atoms with Crippen molar-refractivity contribution in [1.82, 2.24) is 0 Å². The second kappa shape index (κ2) is 96.0. The lowest BCUT2D eigenvalue weighted by Crippen LogP contribution is -3.00. The molecule has 4 heteroatoms. The molecule has 0 saturated carbocycles. The fourth-order valence-corrected chi connectivity index (χ4v) is 16.8. The predicted molar refractivity (Wildman–Crippen MR) is 454 cm³/mol. The van der Waals surface area contributed by atoms with Crippen LogP contribution in [0.15, 0.2) is 0 Å². The monoisotopic (exact) mass is 1540 g/mol. The first-order valence-electron chi connectivity index (χ1n) is 48.2. The average molecular weight is 1540 g/mol. The van der Waals surface area contributed by atoms with E-state index in [1.807, 2.05) is 0 Å². The van der Waals surface area contributed by atoms with Crippen LogP contribution in [0, 0.1) is 0 Å². The highest BCUT2D eigenvalue weighted by atomic mass is 79.9. The zero-order valence-corrected chi connectivity index (χ0v) is 75.0. The lowest BCUT2D eigenvalue weighted by Gasteiger charge is -2.40. The van der Waals surface area contributed by atoms with Crippen LogP contribution in [0.3, 0.4) is 0 Å². The van der Waals surface area contributed by atoms with Crippen molar-refractivity contribution in [2.45, 2.75) is 569 Å². The Hall–Kier alpha value is 0.880. The molecule has 0 radical (unpaired) electrons. The Bertz CT molecular complexity index is 1050. The predicted octanol–water partition coefficient (Wildman–Crippen LogP) is 29.0. The number of halogens is 2. The van der Waals surface area contributed by atoms with Crippen LogP contribution in [0.4, 0.5) is 0 Å². The number of rotatable bonds is 88. The van der Waals surface area contributed by atoms with Crippen molar-refractivity contribution in [1.29, 1.82) is 0 Å². The van der Waals surface area contributed by atoms with Crippen molar-refractivity contribution in [3.63, 3.8) is 0 Å². The summed E-state index contributed by atoms with van der Waals surface area (Å²) in [5.74, 6) is 0. The standard InChI is InChI=1S/2C48H100N.2BrH/c2*1-5-9-13-17-21-25-29-33-37-41-45-49(46-42-38-34-30-26-22-18-14-10-6-2,47-43-39-35-31-27-23-19-15-11-7-3)48-44-40-36-32-28-24-20-16-12-8-4;;/h2*5-48H2,1-4H3;2*1H/q2*+1;;/p-2. The first-order chi connectivity index (χ1) is 48.5. The first kappa shape index (κ1) is 107. The number of hydrogen-bond acceptors (Lipinski definition) is 0. The number of unbranched alkanes of at least 4 members (excludes halogenated alkanes) is 72. The molecule has 0 fully saturated rings. The maximum absolute atomic E-state index is 2.34. The highest BCUT2D eigenvalue weighted by molar-refractivity contribution is 4.60. The SMILES string of the molecule is CCCCCCCCCCCC[N+](CCCCCCCCCCCC)(CCCCCCCCCCCC)CCCCCCCCCCCC.CCCCCCCCCCCC[N+](CCCCCCCCCCCC)(CCCCCCCCCCCC)CCCCCCCCCCCC.[Br-].[Br-]. The van der Waals surface area contributed by atoms with Crippen LogP contribution in [-0.4, -0.2) is 61.3 Å².